The first-order valence-corrected chi connectivity index (χ1v) is 6.39. The van der Waals surface area contributed by atoms with Crippen molar-refractivity contribution in [2.45, 2.75) is 6.54 Å². The molecule has 4 nitrogen and oxygen atoms in total. The number of rotatable bonds is 4. The van der Waals surface area contributed by atoms with E-state index in [0.29, 0.717) is 5.56 Å². The van der Waals surface area contributed by atoms with Crippen LogP contribution in [0.5, 0.6) is 0 Å². The van der Waals surface area contributed by atoms with Gasteiger partial charge in [0.1, 0.15) is 17.3 Å². The Kier molecular flexibility index (Phi) is 4.29. The predicted molar refractivity (Wildman–Crippen MR) is 74.5 cm³/mol. The Labute approximate surface area is 121 Å². The van der Waals surface area contributed by atoms with Crippen LogP contribution in [0.1, 0.15) is 5.56 Å². The van der Waals surface area contributed by atoms with Gasteiger partial charge in [0.05, 0.1) is 4.92 Å². The molecule has 0 bridgehead atoms. The zero-order chi connectivity index (χ0) is 14.7. The van der Waals surface area contributed by atoms with E-state index in [9.17, 15) is 18.9 Å². The number of hydrogen-bond acceptors (Lipinski definition) is 3. The Balaban J connectivity index is 2.24. The number of nitrogens with zero attached hydrogens (tertiary/aromatic N) is 1. The van der Waals surface area contributed by atoms with Crippen LogP contribution in [0.3, 0.4) is 0 Å². The molecular weight excluding hydrogens is 334 g/mol. The molecule has 0 heterocycles. The highest BCUT2D eigenvalue weighted by Crippen LogP contribution is 2.25. The highest BCUT2D eigenvalue weighted by atomic mass is 79.9. The minimum atomic E-state index is -0.768. The molecular formula is C13H9BrF2N2O2. The predicted octanol–water partition coefficient (Wildman–Crippen LogP) is 4.25. The van der Waals surface area contributed by atoms with Gasteiger partial charge in [-0.1, -0.05) is 34.1 Å². The Morgan fingerprint density at radius 3 is 2.40 bits per heavy atom. The SMILES string of the molecule is O=[N+]([O-])c1ccccc1CNc1c(F)cc(Br)cc1F. The number of para-hydroxylation sites is 1. The van der Waals surface area contributed by atoms with Gasteiger partial charge in [-0.15, -0.1) is 0 Å². The lowest BCUT2D eigenvalue weighted by Gasteiger charge is -2.09. The van der Waals surface area contributed by atoms with E-state index in [-0.39, 0.29) is 22.4 Å². The first-order valence-electron chi connectivity index (χ1n) is 5.59. The molecule has 2 rings (SSSR count). The van der Waals surface area contributed by atoms with Crippen LogP contribution in [0.25, 0.3) is 0 Å². The monoisotopic (exact) mass is 342 g/mol. The molecule has 0 aromatic heterocycles. The van der Waals surface area contributed by atoms with E-state index < -0.39 is 16.6 Å². The summed E-state index contributed by atoms with van der Waals surface area (Å²) in [5, 5.41) is 13.4. The van der Waals surface area contributed by atoms with Crippen molar-refractivity contribution in [2.24, 2.45) is 0 Å². The highest BCUT2D eigenvalue weighted by Gasteiger charge is 2.14. The third kappa shape index (κ3) is 3.11. The van der Waals surface area contributed by atoms with E-state index in [1.54, 1.807) is 6.07 Å². The molecule has 0 radical (unpaired) electrons. The van der Waals surface area contributed by atoms with E-state index >= 15 is 0 Å². The van der Waals surface area contributed by atoms with Crippen molar-refractivity contribution in [1.82, 2.24) is 0 Å². The van der Waals surface area contributed by atoms with Gasteiger partial charge in [-0.05, 0) is 12.1 Å². The molecule has 0 atom stereocenters. The largest absolute Gasteiger partial charge is 0.376 e. The van der Waals surface area contributed by atoms with Gasteiger partial charge in [-0.25, -0.2) is 8.78 Å². The first kappa shape index (κ1) is 14.4. The second-order valence-electron chi connectivity index (χ2n) is 3.98. The number of benzene rings is 2. The summed E-state index contributed by atoms with van der Waals surface area (Å²) in [6, 6.07) is 8.25. The minimum Gasteiger partial charge on any atom is -0.376 e. The lowest BCUT2D eigenvalue weighted by Crippen LogP contribution is -2.06. The van der Waals surface area contributed by atoms with Crippen molar-refractivity contribution >= 4 is 27.3 Å². The lowest BCUT2D eigenvalue weighted by molar-refractivity contribution is -0.385. The molecule has 0 amide bonds. The third-order valence-electron chi connectivity index (χ3n) is 2.65. The van der Waals surface area contributed by atoms with E-state index in [4.69, 9.17) is 0 Å². The number of nitrogens with one attached hydrogen (secondary N) is 1. The molecule has 0 aliphatic heterocycles. The van der Waals surface area contributed by atoms with Crippen LogP contribution in [0.4, 0.5) is 20.2 Å². The Morgan fingerprint density at radius 1 is 1.20 bits per heavy atom. The van der Waals surface area contributed by atoms with Crippen LogP contribution in [0, 0.1) is 21.7 Å². The number of halogens is 3. The molecule has 1 N–H and O–H groups in total. The smallest absolute Gasteiger partial charge is 0.274 e. The molecule has 7 heteroatoms. The number of anilines is 1. The van der Waals surface area contributed by atoms with Crippen LogP contribution in [-0.2, 0) is 6.54 Å². The number of nitro benzene ring substituents is 1. The molecule has 2 aromatic carbocycles. The summed E-state index contributed by atoms with van der Waals surface area (Å²) in [6.07, 6.45) is 0. The Hall–Kier alpha value is -2.02. The van der Waals surface area contributed by atoms with Crippen molar-refractivity contribution in [2.75, 3.05) is 5.32 Å². The Morgan fingerprint density at radius 2 is 1.80 bits per heavy atom. The van der Waals surface area contributed by atoms with Crippen molar-refractivity contribution in [3.8, 4) is 0 Å². The fourth-order valence-electron chi connectivity index (χ4n) is 1.73. The van der Waals surface area contributed by atoms with Gasteiger partial charge < -0.3 is 5.32 Å². The van der Waals surface area contributed by atoms with Gasteiger partial charge in [0, 0.05) is 22.6 Å². The molecule has 104 valence electrons. The summed E-state index contributed by atoms with van der Waals surface area (Å²) >= 11 is 2.98. The van der Waals surface area contributed by atoms with Gasteiger partial charge in [0.25, 0.3) is 5.69 Å². The normalized spacial score (nSPS) is 10.3. The maximum Gasteiger partial charge on any atom is 0.274 e. The van der Waals surface area contributed by atoms with Crippen LogP contribution in [0.15, 0.2) is 40.9 Å². The number of nitro groups is 1. The van der Waals surface area contributed by atoms with Crippen molar-refractivity contribution in [1.29, 1.82) is 0 Å². The average molecular weight is 343 g/mol. The van der Waals surface area contributed by atoms with Gasteiger partial charge in [-0.3, -0.25) is 10.1 Å². The second-order valence-corrected chi connectivity index (χ2v) is 4.90. The number of hydrogen-bond donors (Lipinski definition) is 1. The highest BCUT2D eigenvalue weighted by molar-refractivity contribution is 9.10. The maximum atomic E-state index is 13.6. The molecule has 2 aromatic rings. The average Bonchev–Trinajstić information content (AvgIpc) is 2.37. The van der Waals surface area contributed by atoms with Gasteiger partial charge >= 0.3 is 0 Å². The van der Waals surface area contributed by atoms with Gasteiger partial charge in [0.15, 0.2) is 0 Å². The summed E-state index contributed by atoms with van der Waals surface area (Å²) in [5.74, 6) is -1.54. The van der Waals surface area contributed by atoms with Crippen LogP contribution < -0.4 is 5.32 Å². The Bertz CT molecular complexity index is 642. The van der Waals surface area contributed by atoms with Gasteiger partial charge in [-0.2, -0.15) is 0 Å². The van der Waals surface area contributed by atoms with Crippen LogP contribution in [-0.4, -0.2) is 4.92 Å². The first-order chi connectivity index (χ1) is 9.49. The molecule has 0 saturated heterocycles. The summed E-state index contributed by atoms with van der Waals surface area (Å²) in [6.45, 7) is -0.0490. The van der Waals surface area contributed by atoms with Crippen molar-refractivity contribution < 1.29 is 13.7 Å². The summed E-state index contributed by atoms with van der Waals surface area (Å²) in [7, 11) is 0. The summed E-state index contributed by atoms with van der Waals surface area (Å²) in [5.41, 5.74) is -0.0662. The standard InChI is InChI=1S/C13H9BrF2N2O2/c14-9-5-10(15)13(11(16)6-9)17-7-8-3-1-2-4-12(8)18(19)20/h1-6,17H,7H2. The quantitative estimate of drug-likeness (QED) is 0.667. The zero-order valence-electron chi connectivity index (χ0n) is 10.1. The zero-order valence-corrected chi connectivity index (χ0v) is 11.7. The molecule has 0 unspecified atom stereocenters. The lowest BCUT2D eigenvalue weighted by atomic mass is 10.1. The third-order valence-corrected chi connectivity index (χ3v) is 3.11. The molecule has 0 saturated carbocycles. The van der Waals surface area contributed by atoms with Crippen LogP contribution >= 0.6 is 15.9 Å². The second kappa shape index (κ2) is 5.96. The molecule has 0 aliphatic rings. The summed E-state index contributed by atoms with van der Waals surface area (Å²) < 4.78 is 27.5. The molecule has 0 aliphatic carbocycles. The van der Waals surface area contributed by atoms with Gasteiger partial charge in [0.2, 0.25) is 0 Å². The fourth-order valence-corrected chi connectivity index (χ4v) is 2.14. The van der Waals surface area contributed by atoms with E-state index in [1.807, 2.05) is 0 Å². The maximum absolute atomic E-state index is 13.6. The van der Waals surface area contributed by atoms with E-state index in [2.05, 4.69) is 21.2 Å². The van der Waals surface area contributed by atoms with E-state index in [0.717, 1.165) is 12.1 Å². The van der Waals surface area contributed by atoms with Crippen LogP contribution in [0.2, 0.25) is 0 Å². The van der Waals surface area contributed by atoms with Crippen molar-refractivity contribution in [3.05, 3.63) is 68.2 Å². The summed E-state index contributed by atoms with van der Waals surface area (Å²) in [4.78, 5) is 10.3. The molecule has 0 spiro atoms. The van der Waals surface area contributed by atoms with Crippen molar-refractivity contribution in [3.63, 3.8) is 0 Å². The fraction of sp³-hybridized carbons (Fsp3) is 0.0769. The minimum absolute atomic E-state index is 0.0490. The topological polar surface area (TPSA) is 55.2 Å². The molecule has 20 heavy (non-hydrogen) atoms. The molecule has 0 fully saturated rings. The van der Waals surface area contributed by atoms with E-state index in [1.165, 1.54) is 18.2 Å².